The van der Waals surface area contributed by atoms with E-state index in [1.807, 2.05) is 0 Å². The maximum atomic E-state index is 12.5. The van der Waals surface area contributed by atoms with Gasteiger partial charge in [0.1, 0.15) is 5.75 Å². The number of hydrogen-bond donors (Lipinski definition) is 0. The molecule has 0 heterocycles. The summed E-state index contributed by atoms with van der Waals surface area (Å²) in [6.07, 6.45) is -2.21. The van der Waals surface area contributed by atoms with Crippen LogP contribution in [-0.4, -0.2) is 19.2 Å². The lowest BCUT2D eigenvalue weighted by Crippen LogP contribution is -2.03. The lowest BCUT2D eigenvalue weighted by molar-refractivity contribution is 0.108. The molecule has 0 fully saturated rings. The minimum absolute atomic E-state index is 0.130. The van der Waals surface area contributed by atoms with E-state index in [0.29, 0.717) is 6.29 Å². The van der Waals surface area contributed by atoms with Gasteiger partial charge in [0.15, 0.2) is 12.6 Å². The summed E-state index contributed by atoms with van der Waals surface area (Å²) in [6.45, 7) is 1.98. The second-order valence-electron chi connectivity index (χ2n) is 2.95. The van der Waals surface area contributed by atoms with Gasteiger partial charge in [0.05, 0.1) is 12.2 Å². The van der Waals surface area contributed by atoms with Crippen LogP contribution in [0, 0.1) is 0 Å². The summed E-state index contributed by atoms with van der Waals surface area (Å²) < 4.78 is 30.1. The third-order valence-electron chi connectivity index (χ3n) is 2.05. The maximum absolute atomic E-state index is 12.5. The molecule has 1 aromatic rings. The number of carbonyl (C=O) groups is 2. The van der Waals surface area contributed by atoms with Gasteiger partial charge in [-0.2, -0.15) is 0 Å². The Kier molecular flexibility index (Phi) is 4.10. The van der Waals surface area contributed by atoms with Gasteiger partial charge < -0.3 is 4.74 Å². The second-order valence-corrected chi connectivity index (χ2v) is 2.95. The fraction of sp³-hybridized carbons (Fsp3) is 0.273. The number of ether oxygens (including phenoxy) is 1. The third-order valence-corrected chi connectivity index (χ3v) is 2.05. The van der Waals surface area contributed by atoms with Gasteiger partial charge in [-0.3, -0.25) is 9.59 Å². The molecule has 0 atom stereocenters. The normalized spacial score (nSPS) is 10.2. The molecule has 86 valence electrons. The van der Waals surface area contributed by atoms with Gasteiger partial charge in [-0.15, -0.1) is 0 Å². The molecular formula is C11H10F2O3. The zero-order valence-electron chi connectivity index (χ0n) is 8.57. The Hall–Kier alpha value is -1.78. The Morgan fingerprint density at radius 3 is 2.31 bits per heavy atom. The predicted molar refractivity (Wildman–Crippen MR) is 53.3 cm³/mol. The molecule has 0 N–H and O–H groups in total. The van der Waals surface area contributed by atoms with E-state index in [4.69, 9.17) is 4.74 Å². The van der Waals surface area contributed by atoms with Gasteiger partial charge in [-0.05, 0) is 19.1 Å². The molecule has 0 spiro atoms. The van der Waals surface area contributed by atoms with Crippen LogP contribution < -0.4 is 4.74 Å². The van der Waals surface area contributed by atoms with Gasteiger partial charge in [-0.25, -0.2) is 8.78 Å². The maximum Gasteiger partial charge on any atom is 0.264 e. The summed E-state index contributed by atoms with van der Waals surface area (Å²) in [4.78, 5) is 21.5. The number of benzene rings is 1. The molecule has 0 aromatic heterocycles. The van der Waals surface area contributed by atoms with Crippen molar-refractivity contribution < 1.29 is 23.1 Å². The highest BCUT2D eigenvalue weighted by Crippen LogP contribution is 2.29. The van der Waals surface area contributed by atoms with Crippen molar-refractivity contribution in [2.45, 2.75) is 13.3 Å². The lowest BCUT2D eigenvalue weighted by Gasteiger charge is -2.11. The predicted octanol–water partition coefficient (Wildman–Crippen LogP) is 2.65. The summed E-state index contributed by atoms with van der Waals surface area (Å²) in [5.41, 5.74) is -0.897. The van der Waals surface area contributed by atoms with Crippen LogP contribution in [0.3, 0.4) is 0 Å². The highest BCUT2D eigenvalue weighted by atomic mass is 19.3. The first-order valence-electron chi connectivity index (χ1n) is 4.63. The molecule has 0 amide bonds. The zero-order chi connectivity index (χ0) is 12.1. The molecule has 0 unspecified atom stereocenters. The molecule has 0 radical (unpaired) electrons. The largest absolute Gasteiger partial charge is 0.493 e. The summed E-state index contributed by atoms with van der Waals surface area (Å²) >= 11 is 0. The van der Waals surface area contributed by atoms with Crippen LogP contribution in [0.1, 0.15) is 39.6 Å². The van der Waals surface area contributed by atoms with Crippen molar-refractivity contribution in [2.24, 2.45) is 0 Å². The van der Waals surface area contributed by atoms with Crippen LogP contribution in [0.5, 0.6) is 5.75 Å². The van der Waals surface area contributed by atoms with Crippen LogP contribution in [-0.2, 0) is 0 Å². The minimum Gasteiger partial charge on any atom is -0.493 e. The number of rotatable bonds is 5. The Labute approximate surface area is 91.0 Å². The molecule has 0 saturated carbocycles. The van der Waals surface area contributed by atoms with Gasteiger partial charge >= 0.3 is 0 Å². The topological polar surface area (TPSA) is 43.4 Å². The smallest absolute Gasteiger partial charge is 0.264 e. The number of hydrogen-bond acceptors (Lipinski definition) is 3. The standard InChI is InChI=1S/C11H10F2O3/c1-2-16-10-4-3-7(11(12)13)8(5-14)9(10)6-15/h3-6,11H,2H2,1H3. The van der Waals surface area contributed by atoms with Gasteiger partial charge in [0.25, 0.3) is 6.43 Å². The van der Waals surface area contributed by atoms with E-state index in [0.717, 1.165) is 6.07 Å². The summed E-state index contributed by atoms with van der Waals surface area (Å²) in [5, 5.41) is 0. The van der Waals surface area contributed by atoms with Gasteiger partial charge in [0.2, 0.25) is 0 Å². The Morgan fingerprint density at radius 1 is 1.25 bits per heavy atom. The lowest BCUT2D eigenvalue weighted by atomic mass is 10.0. The molecule has 16 heavy (non-hydrogen) atoms. The van der Waals surface area contributed by atoms with Crippen molar-refractivity contribution in [3.8, 4) is 5.75 Å². The molecule has 0 aliphatic carbocycles. The molecule has 0 aliphatic rings. The first kappa shape index (κ1) is 12.3. The van der Waals surface area contributed by atoms with Crippen LogP contribution in [0.25, 0.3) is 0 Å². The van der Waals surface area contributed by atoms with Crippen LogP contribution in [0.4, 0.5) is 8.78 Å². The molecule has 1 aromatic carbocycles. The minimum atomic E-state index is -2.80. The molecule has 1 rings (SSSR count). The van der Waals surface area contributed by atoms with E-state index in [1.165, 1.54) is 6.07 Å². The van der Waals surface area contributed by atoms with E-state index in [1.54, 1.807) is 6.92 Å². The quantitative estimate of drug-likeness (QED) is 0.727. The first-order chi connectivity index (χ1) is 7.65. The number of carbonyl (C=O) groups excluding carboxylic acids is 2. The summed E-state index contributed by atoms with van der Waals surface area (Å²) in [5.74, 6) is 0.143. The van der Waals surface area contributed by atoms with E-state index in [9.17, 15) is 18.4 Å². The molecular weight excluding hydrogens is 218 g/mol. The Bertz CT molecular complexity index is 402. The second kappa shape index (κ2) is 5.34. The van der Waals surface area contributed by atoms with Crippen molar-refractivity contribution in [1.29, 1.82) is 0 Å². The monoisotopic (exact) mass is 228 g/mol. The van der Waals surface area contributed by atoms with Crippen LogP contribution >= 0.6 is 0 Å². The van der Waals surface area contributed by atoms with Crippen molar-refractivity contribution in [2.75, 3.05) is 6.61 Å². The Balaban J connectivity index is 3.39. The van der Waals surface area contributed by atoms with E-state index >= 15 is 0 Å². The van der Waals surface area contributed by atoms with Crippen LogP contribution in [0.15, 0.2) is 12.1 Å². The van der Waals surface area contributed by atoms with Crippen molar-refractivity contribution in [1.82, 2.24) is 0 Å². The van der Waals surface area contributed by atoms with E-state index in [2.05, 4.69) is 0 Å². The zero-order valence-corrected chi connectivity index (χ0v) is 8.57. The van der Waals surface area contributed by atoms with Crippen LogP contribution in [0.2, 0.25) is 0 Å². The number of alkyl halides is 2. The van der Waals surface area contributed by atoms with Crippen molar-refractivity contribution >= 4 is 12.6 Å². The third kappa shape index (κ3) is 2.24. The highest BCUT2D eigenvalue weighted by molar-refractivity contribution is 5.94. The van der Waals surface area contributed by atoms with Gasteiger partial charge in [0, 0.05) is 11.1 Å². The van der Waals surface area contributed by atoms with Gasteiger partial charge in [-0.1, -0.05) is 0 Å². The Morgan fingerprint density at radius 2 is 1.88 bits per heavy atom. The summed E-state index contributed by atoms with van der Waals surface area (Å²) in [6, 6.07) is 2.36. The van der Waals surface area contributed by atoms with E-state index in [-0.39, 0.29) is 29.8 Å². The van der Waals surface area contributed by atoms with Crippen molar-refractivity contribution in [3.05, 3.63) is 28.8 Å². The fourth-order valence-electron chi connectivity index (χ4n) is 1.36. The fourth-order valence-corrected chi connectivity index (χ4v) is 1.36. The average molecular weight is 228 g/mol. The number of aldehydes is 2. The van der Waals surface area contributed by atoms with Crippen molar-refractivity contribution in [3.63, 3.8) is 0 Å². The first-order valence-corrected chi connectivity index (χ1v) is 4.63. The summed E-state index contributed by atoms with van der Waals surface area (Å²) in [7, 11) is 0. The molecule has 0 saturated heterocycles. The molecule has 0 aliphatic heterocycles. The average Bonchev–Trinajstić information content (AvgIpc) is 2.28. The molecule has 0 bridgehead atoms. The van der Waals surface area contributed by atoms with E-state index < -0.39 is 12.0 Å². The highest BCUT2D eigenvalue weighted by Gasteiger charge is 2.19. The molecule has 3 nitrogen and oxygen atoms in total. The SMILES string of the molecule is CCOc1ccc(C(F)F)c(C=O)c1C=O. The molecule has 5 heteroatoms. The number of halogens is 2.